The Morgan fingerprint density at radius 3 is 1.58 bits per heavy atom. The van der Waals surface area contributed by atoms with Gasteiger partial charge in [-0.2, -0.15) is 48.5 Å². The van der Waals surface area contributed by atoms with Crippen LogP contribution in [-0.2, 0) is 10.0 Å². The first-order valence-electron chi connectivity index (χ1n) is 6.08. The number of nitrogens with zero attached hydrogens (tertiary/aromatic N) is 2. The van der Waals surface area contributed by atoms with E-state index in [1.165, 1.54) is 0 Å². The molecule has 1 rings (SSSR count). The summed E-state index contributed by atoms with van der Waals surface area (Å²) in [5, 5.41) is 2.74. The molecule has 0 aromatic carbocycles. The standard InChI is InChI=1S/C9H12F9N2O3S/c1-20(21)4-2-19(3-5-20)24(22,23)9(17,18)7(12,13)6(10,11)8(14,15)16/h21H,2-5H2,1H3/q+1. The molecule has 0 radical (unpaired) electrons. The van der Waals surface area contributed by atoms with E-state index >= 15 is 0 Å². The van der Waals surface area contributed by atoms with Crippen molar-refractivity contribution in [1.82, 2.24) is 4.31 Å². The normalized spacial score (nSPS) is 21.8. The third kappa shape index (κ3) is 3.06. The van der Waals surface area contributed by atoms with Crippen LogP contribution < -0.4 is 0 Å². The lowest BCUT2D eigenvalue weighted by Crippen LogP contribution is -2.67. The molecule has 1 N–H and O–H groups in total. The largest absolute Gasteiger partial charge is 0.460 e. The Labute approximate surface area is 129 Å². The highest BCUT2D eigenvalue weighted by Crippen LogP contribution is 2.55. The van der Waals surface area contributed by atoms with Gasteiger partial charge < -0.3 is 0 Å². The van der Waals surface area contributed by atoms with Crippen LogP contribution in [0.5, 0.6) is 0 Å². The zero-order valence-corrected chi connectivity index (χ0v) is 12.6. The molecule has 15 heteroatoms. The maximum Gasteiger partial charge on any atom is 0.460 e. The molecule has 144 valence electrons. The Hall–Kier alpha value is -0.800. The third-order valence-corrected chi connectivity index (χ3v) is 5.39. The van der Waals surface area contributed by atoms with E-state index in [2.05, 4.69) is 0 Å². The zero-order valence-electron chi connectivity index (χ0n) is 11.8. The Balaban J connectivity index is 3.27. The molecule has 0 atom stereocenters. The van der Waals surface area contributed by atoms with E-state index < -0.39 is 64.1 Å². The van der Waals surface area contributed by atoms with Crippen molar-refractivity contribution in [3.05, 3.63) is 0 Å². The van der Waals surface area contributed by atoms with E-state index in [-0.39, 0.29) is 4.31 Å². The van der Waals surface area contributed by atoms with Crippen LogP contribution in [0.1, 0.15) is 0 Å². The van der Waals surface area contributed by atoms with Crippen LogP contribution in [0.15, 0.2) is 0 Å². The summed E-state index contributed by atoms with van der Waals surface area (Å²) in [6, 6.07) is 0. The number of hydrogen-bond donors (Lipinski definition) is 1. The fourth-order valence-corrected chi connectivity index (χ4v) is 3.22. The van der Waals surface area contributed by atoms with Gasteiger partial charge in [-0.1, -0.05) is 0 Å². The van der Waals surface area contributed by atoms with E-state index in [4.69, 9.17) is 0 Å². The second kappa shape index (κ2) is 5.60. The molecule has 1 heterocycles. The van der Waals surface area contributed by atoms with Crippen molar-refractivity contribution in [2.75, 3.05) is 33.2 Å². The number of likely N-dealkylation sites (N-methyl/N-ethyl adjacent to an activating group) is 1. The molecule has 1 saturated heterocycles. The van der Waals surface area contributed by atoms with Gasteiger partial charge in [0.25, 0.3) is 10.0 Å². The van der Waals surface area contributed by atoms with Crippen molar-refractivity contribution >= 4 is 10.0 Å². The smallest absolute Gasteiger partial charge is 0.217 e. The average molecular weight is 399 g/mol. The highest BCUT2D eigenvalue weighted by Gasteiger charge is 2.85. The minimum atomic E-state index is -7.28. The molecule has 1 aliphatic rings. The number of sulfonamides is 1. The summed E-state index contributed by atoms with van der Waals surface area (Å²) >= 11 is 0. The number of halogens is 9. The van der Waals surface area contributed by atoms with Crippen LogP contribution in [0.25, 0.3) is 0 Å². The van der Waals surface area contributed by atoms with Crippen molar-refractivity contribution in [3.63, 3.8) is 0 Å². The lowest BCUT2D eigenvalue weighted by molar-refractivity contribution is -1.09. The molecule has 24 heavy (non-hydrogen) atoms. The number of quaternary nitrogens is 1. The van der Waals surface area contributed by atoms with Gasteiger partial charge in [0.05, 0.1) is 20.1 Å². The molecule has 0 aliphatic carbocycles. The Morgan fingerprint density at radius 2 is 1.25 bits per heavy atom. The average Bonchev–Trinajstić information content (AvgIpc) is 2.36. The SMILES string of the molecule is C[N+]1(O)CCN(S(=O)(=O)C(F)(F)C(F)(F)C(F)(F)C(F)(F)F)CC1. The molecule has 0 unspecified atom stereocenters. The maximum atomic E-state index is 13.6. The minimum Gasteiger partial charge on any atom is -0.217 e. The van der Waals surface area contributed by atoms with Gasteiger partial charge >= 0.3 is 23.3 Å². The van der Waals surface area contributed by atoms with E-state index in [0.717, 1.165) is 7.05 Å². The first kappa shape index (κ1) is 21.2. The molecular weight excluding hydrogens is 387 g/mol. The number of alkyl halides is 9. The molecule has 0 bridgehead atoms. The third-order valence-electron chi connectivity index (χ3n) is 3.44. The summed E-state index contributed by atoms with van der Waals surface area (Å²) in [7, 11) is -5.44. The van der Waals surface area contributed by atoms with Gasteiger partial charge in [-0.3, -0.25) is 0 Å². The molecular formula is C9H12F9N2O3S+. The molecule has 0 amide bonds. The lowest BCUT2D eigenvalue weighted by atomic mass is 10.1. The fraction of sp³-hybridized carbons (Fsp3) is 1.00. The summed E-state index contributed by atoms with van der Waals surface area (Å²) in [5.74, 6) is -14.5. The molecule has 0 saturated carbocycles. The monoisotopic (exact) mass is 399 g/mol. The van der Waals surface area contributed by atoms with Crippen LogP contribution in [0.4, 0.5) is 39.5 Å². The second-order valence-corrected chi connectivity index (χ2v) is 7.33. The van der Waals surface area contributed by atoms with Crippen molar-refractivity contribution in [1.29, 1.82) is 0 Å². The number of piperazine rings is 1. The van der Waals surface area contributed by atoms with Gasteiger partial charge in [0.15, 0.2) is 0 Å². The summed E-state index contributed by atoms with van der Waals surface area (Å²) < 4.78 is 137. The summed E-state index contributed by atoms with van der Waals surface area (Å²) in [6.45, 7) is -3.07. The predicted molar refractivity (Wildman–Crippen MR) is 59.1 cm³/mol. The topological polar surface area (TPSA) is 57.6 Å². The zero-order chi connectivity index (χ0) is 19.4. The number of hydroxylamine groups is 3. The van der Waals surface area contributed by atoms with E-state index in [1.807, 2.05) is 0 Å². The van der Waals surface area contributed by atoms with Crippen LogP contribution in [0.3, 0.4) is 0 Å². The molecule has 1 aliphatic heterocycles. The van der Waals surface area contributed by atoms with Crippen molar-refractivity contribution in [2.24, 2.45) is 0 Å². The highest BCUT2D eigenvalue weighted by molar-refractivity contribution is 7.90. The predicted octanol–water partition coefficient (Wildman–Crippen LogP) is 1.89. The van der Waals surface area contributed by atoms with Gasteiger partial charge in [-0.15, -0.1) is 0 Å². The lowest BCUT2D eigenvalue weighted by Gasteiger charge is -2.39. The summed E-state index contributed by atoms with van der Waals surface area (Å²) in [5.41, 5.74) is 0. The fourth-order valence-electron chi connectivity index (χ4n) is 1.80. The number of rotatable bonds is 4. The van der Waals surface area contributed by atoms with Gasteiger partial charge in [-0.25, -0.2) is 13.6 Å². The van der Waals surface area contributed by atoms with Crippen LogP contribution in [0.2, 0.25) is 0 Å². The summed E-state index contributed by atoms with van der Waals surface area (Å²) in [6.07, 6.45) is -7.10. The van der Waals surface area contributed by atoms with Crippen LogP contribution >= 0.6 is 0 Å². The van der Waals surface area contributed by atoms with Crippen LogP contribution in [0, 0.1) is 0 Å². The minimum absolute atomic E-state index is 0.358. The quantitative estimate of drug-likeness (QED) is 0.581. The first-order chi connectivity index (χ1) is 10.3. The Kier molecular flexibility index (Phi) is 4.96. The highest BCUT2D eigenvalue weighted by atomic mass is 32.2. The van der Waals surface area contributed by atoms with Crippen molar-refractivity contribution < 1.29 is 57.8 Å². The van der Waals surface area contributed by atoms with Crippen molar-refractivity contribution in [3.8, 4) is 0 Å². The molecule has 0 aromatic heterocycles. The van der Waals surface area contributed by atoms with Crippen molar-refractivity contribution in [2.45, 2.75) is 23.3 Å². The Bertz CT molecular complexity index is 578. The first-order valence-corrected chi connectivity index (χ1v) is 7.52. The van der Waals surface area contributed by atoms with Gasteiger partial charge in [0.1, 0.15) is 13.1 Å². The van der Waals surface area contributed by atoms with E-state index in [9.17, 15) is 53.1 Å². The summed E-state index contributed by atoms with van der Waals surface area (Å²) in [4.78, 5) is 0. The number of hydrogen-bond acceptors (Lipinski definition) is 3. The molecule has 0 aromatic rings. The van der Waals surface area contributed by atoms with E-state index in [1.54, 1.807) is 0 Å². The van der Waals surface area contributed by atoms with Gasteiger partial charge in [-0.05, 0) is 0 Å². The van der Waals surface area contributed by atoms with Crippen LogP contribution in [-0.4, -0.2) is 79.1 Å². The maximum absolute atomic E-state index is 13.6. The Morgan fingerprint density at radius 1 is 0.875 bits per heavy atom. The van der Waals surface area contributed by atoms with Gasteiger partial charge in [0, 0.05) is 0 Å². The molecule has 0 spiro atoms. The molecule has 1 fully saturated rings. The van der Waals surface area contributed by atoms with Gasteiger partial charge in [0.2, 0.25) is 0 Å². The van der Waals surface area contributed by atoms with E-state index in [0.29, 0.717) is 0 Å². The molecule has 5 nitrogen and oxygen atoms in total. The second-order valence-electron chi connectivity index (χ2n) is 5.35.